The highest BCUT2D eigenvalue weighted by atomic mass is 35.5. The number of halogens is 2. The van der Waals surface area contributed by atoms with Crippen LogP contribution in [0.15, 0.2) is 48.5 Å². The number of carbonyl (C=O) groups is 1. The smallest absolute Gasteiger partial charge is 0.246 e. The molecule has 118 valence electrons. The summed E-state index contributed by atoms with van der Waals surface area (Å²) >= 11 is 12.2. The van der Waals surface area contributed by atoms with E-state index in [1.54, 1.807) is 0 Å². The van der Waals surface area contributed by atoms with Crippen LogP contribution in [0.3, 0.4) is 0 Å². The van der Waals surface area contributed by atoms with E-state index in [1.165, 1.54) is 0 Å². The molecular formula is C18H16Cl2N2O. The van der Waals surface area contributed by atoms with E-state index in [0.29, 0.717) is 10.0 Å². The molecule has 0 spiro atoms. The third kappa shape index (κ3) is 2.53. The standard InChI is InChI=1S/C18H16Cl2N2O/c19-13-8-6-12(7-9-13)17-21-10-2-5-16(21)18(23)22(17)15-4-1-3-14(20)11-15/h1,3-4,6-9,11,16-17H,2,5,10H2/t16-,17+/m0/s1. The molecular weight excluding hydrogens is 331 g/mol. The first kappa shape index (κ1) is 15.0. The summed E-state index contributed by atoms with van der Waals surface area (Å²) in [6.45, 7) is 0.931. The zero-order valence-corrected chi connectivity index (χ0v) is 14.0. The number of anilines is 1. The van der Waals surface area contributed by atoms with Crippen molar-refractivity contribution in [2.75, 3.05) is 11.4 Å². The summed E-state index contributed by atoms with van der Waals surface area (Å²) in [6, 6.07) is 15.2. The van der Waals surface area contributed by atoms with Crippen molar-refractivity contribution in [2.45, 2.75) is 25.0 Å². The van der Waals surface area contributed by atoms with Gasteiger partial charge in [-0.15, -0.1) is 0 Å². The highest BCUT2D eigenvalue weighted by Crippen LogP contribution is 2.42. The van der Waals surface area contributed by atoms with Gasteiger partial charge >= 0.3 is 0 Å². The second-order valence-corrected chi connectivity index (χ2v) is 6.88. The lowest BCUT2D eigenvalue weighted by atomic mass is 10.1. The summed E-state index contributed by atoms with van der Waals surface area (Å²) in [5.41, 5.74) is 1.92. The van der Waals surface area contributed by atoms with E-state index in [2.05, 4.69) is 4.90 Å². The van der Waals surface area contributed by atoms with Gasteiger partial charge in [0.05, 0.1) is 6.04 Å². The van der Waals surface area contributed by atoms with Crippen molar-refractivity contribution in [2.24, 2.45) is 0 Å². The van der Waals surface area contributed by atoms with Crippen LogP contribution >= 0.6 is 23.2 Å². The third-order valence-electron chi connectivity index (χ3n) is 4.63. The van der Waals surface area contributed by atoms with Crippen LogP contribution in [0.1, 0.15) is 24.6 Å². The lowest BCUT2D eigenvalue weighted by molar-refractivity contribution is -0.119. The Kier molecular flexibility index (Phi) is 3.80. The highest BCUT2D eigenvalue weighted by molar-refractivity contribution is 6.31. The van der Waals surface area contributed by atoms with Gasteiger partial charge in [-0.1, -0.05) is 41.4 Å². The number of amides is 1. The van der Waals surface area contributed by atoms with Crippen LogP contribution in [-0.2, 0) is 4.79 Å². The van der Waals surface area contributed by atoms with Gasteiger partial charge in [0.1, 0.15) is 6.17 Å². The highest BCUT2D eigenvalue weighted by Gasteiger charge is 2.49. The van der Waals surface area contributed by atoms with E-state index in [1.807, 2.05) is 53.4 Å². The van der Waals surface area contributed by atoms with Crippen LogP contribution in [-0.4, -0.2) is 23.4 Å². The molecule has 2 atom stereocenters. The predicted molar refractivity (Wildman–Crippen MR) is 92.9 cm³/mol. The van der Waals surface area contributed by atoms with Crippen molar-refractivity contribution >= 4 is 34.8 Å². The van der Waals surface area contributed by atoms with Gasteiger partial charge in [0.2, 0.25) is 5.91 Å². The molecule has 0 aliphatic carbocycles. The molecule has 0 aromatic heterocycles. The third-order valence-corrected chi connectivity index (χ3v) is 5.12. The minimum absolute atomic E-state index is 0.0327. The van der Waals surface area contributed by atoms with Gasteiger partial charge in [0.25, 0.3) is 0 Å². The fraction of sp³-hybridized carbons (Fsp3) is 0.278. The SMILES string of the molecule is O=C1[C@@H]2CCCN2[C@@H](c2ccc(Cl)cc2)N1c1cccc(Cl)c1. The number of hydrogen-bond acceptors (Lipinski definition) is 2. The molecule has 2 aromatic rings. The van der Waals surface area contributed by atoms with Crippen LogP contribution in [0.5, 0.6) is 0 Å². The van der Waals surface area contributed by atoms with E-state index >= 15 is 0 Å². The summed E-state index contributed by atoms with van der Waals surface area (Å²) in [5, 5.41) is 1.34. The summed E-state index contributed by atoms with van der Waals surface area (Å²) < 4.78 is 0. The van der Waals surface area contributed by atoms with Gasteiger partial charge in [-0.2, -0.15) is 0 Å². The maximum absolute atomic E-state index is 13.0. The van der Waals surface area contributed by atoms with Crippen LogP contribution in [0.2, 0.25) is 10.0 Å². The number of carbonyl (C=O) groups excluding carboxylic acids is 1. The fourth-order valence-corrected chi connectivity index (χ4v) is 3.96. The van der Waals surface area contributed by atoms with Crippen molar-refractivity contribution in [1.82, 2.24) is 4.90 Å². The Hall–Kier alpha value is -1.55. The molecule has 0 N–H and O–H groups in total. The molecule has 2 saturated heterocycles. The first-order valence-electron chi connectivity index (χ1n) is 7.75. The number of fused-ring (bicyclic) bond motifs is 1. The van der Waals surface area contributed by atoms with E-state index in [9.17, 15) is 4.79 Å². The van der Waals surface area contributed by atoms with Crippen LogP contribution in [0, 0.1) is 0 Å². The molecule has 23 heavy (non-hydrogen) atoms. The molecule has 4 rings (SSSR count). The van der Waals surface area contributed by atoms with Gasteiger partial charge in [-0.05, 0) is 48.7 Å². The Balaban J connectivity index is 1.81. The maximum atomic E-state index is 13.0. The lowest BCUT2D eigenvalue weighted by Crippen LogP contribution is -2.32. The van der Waals surface area contributed by atoms with Crippen molar-refractivity contribution < 1.29 is 4.79 Å². The van der Waals surface area contributed by atoms with Crippen molar-refractivity contribution in [3.8, 4) is 0 Å². The minimum atomic E-state index is -0.0919. The normalized spacial score (nSPS) is 24.3. The Morgan fingerprint density at radius 3 is 2.52 bits per heavy atom. The van der Waals surface area contributed by atoms with E-state index in [0.717, 1.165) is 30.6 Å². The van der Waals surface area contributed by atoms with Crippen LogP contribution < -0.4 is 4.90 Å². The van der Waals surface area contributed by atoms with Gasteiger partial charge < -0.3 is 0 Å². The molecule has 2 aliphatic rings. The molecule has 0 bridgehead atoms. The zero-order valence-electron chi connectivity index (χ0n) is 12.5. The van der Waals surface area contributed by atoms with Gasteiger partial charge in [-0.25, -0.2) is 0 Å². The molecule has 1 amide bonds. The number of hydrogen-bond donors (Lipinski definition) is 0. The largest absolute Gasteiger partial charge is 0.290 e. The first-order chi connectivity index (χ1) is 11.1. The summed E-state index contributed by atoms with van der Waals surface area (Å²) in [7, 11) is 0. The molecule has 2 heterocycles. The number of nitrogens with zero attached hydrogens (tertiary/aromatic N) is 2. The molecule has 2 aliphatic heterocycles. The average molecular weight is 347 g/mol. The topological polar surface area (TPSA) is 23.6 Å². The average Bonchev–Trinajstić information content (AvgIpc) is 3.11. The van der Waals surface area contributed by atoms with E-state index < -0.39 is 0 Å². The monoisotopic (exact) mass is 346 g/mol. The molecule has 2 aromatic carbocycles. The Morgan fingerprint density at radius 2 is 1.78 bits per heavy atom. The van der Waals surface area contributed by atoms with Crippen LogP contribution in [0.4, 0.5) is 5.69 Å². The van der Waals surface area contributed by atoms with E-state index in [-0.39, 0.29) is 18.1 Å². The molecule has 2 fully saturated rings. The summed E-state index contributed by atoms with van der Waals surface area (Å²) in [6.07, 6.45) is 1.88. The van der Waals surface area contributed by atoms with Crippen molar-refractivity contribution in [3.05, 3.63) is 64.1 Å². The molecule has 0 saturated carbocycles. The zero-order chi connectivity index (χ0) is 16.0. The van der Waals surface area contributed by atoms with E-state index in [4.69, 9.17) is 23.2 Å². The summed E-state index contributed by atoms with van der Waals surface area (Å²) in [4.78, 5) is 17.1. The lowest BCUT2D eigenvalue weighted by Gasteiger charge is -2.30. The Bertz CT molecular complexity index is 747. The molecule has 0 radical (unpaired) electrons. The summed E-state index contributed by atoms with van der Waals surface area (Å²) in [5.74, 6) is 0.157. The van der Waals surface area contributed by atoms with Gasteiger partial charge in [0, 0.05) is 22.3 Å². The predicted octanol–water partition coefficient (Wildman–Crippen LogP) is 4.50. The number of rotatable bonds is 2. The van der Waals surface area contributed by atoms with Crippen LogP contribution in [0.25, 0.3) is 0 Å². The Morgan fingerprint density at radius 1 is 1.00 bits per heavy atom. The second kappa shape index (κ2) is 5.82. The van der Waals surface area contributed by atoms with Gasteiger partial charge in [-0.3, -0.25) is 14.6 Å². The first-order valence-corrected chi connectivity index (χ1v) is 8.50. The quantitative estimate of drug-likeness (QED) is 0.798. The molecule has 5 heteroatoms. The second-order valence-electron chi connectivity index (χ2n) is 6.01. The molecule has 3 nitrogen and oxygen atoms in total. The van der Waals surface area contributed by atoms with Crippen molar-refractivity contribution in [1.29, 1.82) is 0 Å². The molecule has 0 unspecified atom stereocenters. The minimum Gasteiger partial charge on any atom is -0.290 e. The van der Waals surface area contributed by atoms with Gasteiger partial charge in [0.15, 0.2) is 0 Å². The maximum Gasteiger partial charge on any atom is 0.246 e. The number of benzene rings is 2. The van der Waals surface area contributed by atoms with Crippen molar-refractivity contribution in [3.63, 3.8) is 0 Å². The fourth-order valence-electron chi connectivity index (χ4n) is 3.65. The Labute approximate surface area is 145 Å².